The van der Waals surface area contributed by atoms with Gasteiger partial charge in [0.15, 0.2) is 0 Å². The summed E-state index contributed by atoms with van der Waals surface area (Å²) >= 11 is 0. The van der Waals surface area contributed by atoms with E-state index in [0.29, 0.717) is 11.4 Å². The van der Waals surface area contributed by atoms with Crippen molar-refractivity contribution in [3.8, 4) is 0 Å². The van der Waals surface area contributed by atoms with Crippen LogP contribution in [0.3, 0.4) is 0 Å². The van der Waals surface area contributed by atoms with Crippen molar-refractivity contribution < 1.29 is 36.3 Å². The lowest BCUT2D eigenvalue weighted by Gasteiger charge is -2.20. The first-order valence-corrected chi connectivity index (χ1v) is 13.3. The molecule has 0 aromatic heterocycles. The molecule has 2 aromatic rings. The van der Waals surface area contributed by atoms with E-state index in [1.54, 1.807) is 0 Å². The van der Waals surface area contributed by atoms with Crippen molar-refractivity contribution in [1.29, 1.82) is 0 Å². The Bertz CT molecular complexity index is 1300. The molecule has 196 valence electrons. The SMILES string of the molecule is NS(=O)(=O)c1ccc(NC(=O)CNCCN(CC(=O)O)CC(=O)Nc2ccc(S(N)(=O)=O)cc2)cc1. The Labute approximate surface area is 207 Å². The summed E-state index contributed by atoms with van der Waals surface area (Å²) in [6, 6.07) is 10.4. The lowest BCUT2D eigenvalue weighted by atomic mass is 10.3. The van der Waals surface area contributed by atoms with Gasteiger partial charge in [-0.05, 0) is 48.5 Å². The molecule has 16 heteroatoms. The van der Waals surface area contributed by atoms with E-state index < -0.39 is 44.4 Å². The van der Waals surface area contributed by atoms with Crippen molar-refractivity contribution in [2.45, 2.75) is 9.79 Å². The predicted octanol–water partition coefficient (Wildman–Crippen LogP) is -1.47. The number of carbonyl (C=O) groups excluding carboxylic acids is 2. The molecular formula is C20H26N6O8S2. The van der Waals surface area contributed by atoms with Crippen LogP contribution in [0, 0.1) is 0 Å². The molecule has 36 heavy (non-hydrogen) atoms. The van der Waals surface area contributed by atoms with Gasteiger partial charge in [-0.25, -0.2) is 27.1 Å². The monoisotopic (exact) mass is 542 g/mol. The van der Waals surface area contributed by atoms with E-state index in [1.165, 1.54) is 53.4 Å². The van der Waals surface area contributed by atoms with E-state index in [9.17, 15) is 31.2 Å². The maximum atomic E-state index is 12.3. The van der Waals surface area contributed by atoms with Gasteiger partial charge in [-0.15, -0.1) is 0 Å². The molecule has 0 heterocycles. The zero-order valence-corrected chi connectivity index (χ0v) is 20.5. The van der Waals surface area contributed by atoms with Gasteiger partial charge in [0, 0.05) is 24.5 Å². The third-order valence-corrected chi connectivity index (χ3v) is 6.41. The highest BCUT2D eigenvalue weighted by atomic mass is 32.2. The van der Waals surface area contributed by atoms with Crippen molar-refractivity contribution >= 4 is 49.2 Å². The van der Waals surface area contributed by atoms with Gasteiger partial charge in [0.25, 0.3) is 0 Å². The number of carboxylic acids is 1. The van der Waals surface area contributed by atoms with Gasteiger partial charge in [-0.2, -0.15) is 0 Å². The second-order valence-corrected chi connectivity index (χ2v) is 10.6. The number of carbonyl (C=O) groups is 3. The molecule has 0 aliphatic rings. The van der Waals surface area contributed by atoms with Crippen molar-refractivity contribution in [2.75, 3.05) is 43.4 Å². The number of primary sulfonamides is 2. The Hall–Kier alpha value is -3.41. The fourth-order valence-corrected chi connectivity index (χ4v) is 3.94. The van der Waals surface area contributed by atoms with Gasteiger partial charge >= 0.3 is 5.97 Å². The van der Waals surface area contributed by atoms with Crippen LogP contribution in [0.15, 0.2) is 58.3 Å². The van der Waals surface area contributed by atoms with E-state index in [4.69, 9.17) is 15.4 Å². The summed E-state index contributed by atoms with van der Waals surface area (Å²) in [5.74, 6) is -2.11. The first kappa shape index (κ1) is 28.8. The molecule has 0 fully saturated rings. The van der Waals surface area contributed by atoms with Crippen molar-refractivity contribution in [1.82, 2.24) is 10.2 Å². The summed E-state index contributed by atoms with van der Waals surface area (Å²) in [4.78, 5) is 36.6. The standard InChI is InChI=1S/C20H26N6O8S2/c21-35(31,32)16-5-1-14(2-6-16)24-18(27)11-23-9-10-26(13-20(29)30)12-19(28)25-15-3-7-17(8-4-15)36(22,33)34/h1-8,23H,9-13H2,(H,24,27)(H,25,28)(H,29,30)(H2,21,31,32)(H2,22,33,34). The molecule has 0 saturated carbocycles. The summed E-state index contributed by atoms with van der Waals surface area (Å²) in [7, 11) is -7.72. The molecule has 0 atom stereocenters. The molecule has 2 rings (SSSR count). The molecule has 0 aliphatic carbocycles. The van der Waals surface area contributed by atoms with Crippen molar-refractivity contribution in [2.24, 2.45) is 10.3 Å². The van der Waals surface area contributed by atoms with Gasteiger partial charge in [0.05, 0.1) is 29.4 Å². The van der Waals surface area contributed by atoms with Gasteiger partial charge in [-0.1, -0.05) is 0 Å². The smallest absolute Gasteiger partial charge is 0.317 e. The summed E-state index contributed by atoms with van der Waals surface area (Å²) in [5.41, 5.74) is 0.657. The predicted molar refractivity (Wildman–Crippen MR) is 130 cm³/mol. The summed E-state index contributed by atoms with van der Waals surface area (Å²) in [6.45, 7) is -0.516. The molecule has 0 spiro atoms. The molecule has 0 radical (unpaired) electrons. The van der Waals surface area contributed by atoms with E-state index in [-0.39, 0.29) is 36.0 Å². The number of hydrogen-bond donors (Lipinski definition) is 6. The number of nitrogens with one attached hydrogen (secondary N) is 3. The summed E-state index contributed by atoms with van der Waals surface area (Å²) in [5, 5.41) is 27.1. The van der Waals surface area contributed by atoms with Crippen LogP contribution in [0.25, 0.3) is 0 Å². The normalized spacial score (nSPS) is 11.8. The van der Waals surface area contributed by atoms with E-state index >= 15 is 0 Å². The molecule has 0 unspecified atom stereocenters. The third-order valence-electron chi connectivity index (χ3n) is 4.55. The summed E-state index contributed by atoms with van der Waals surface area (Å²) < 4.78 is 45.1. The van der Waals surface area contributed by atoms with E-state index in [2.05, 4.69) is 16.0 Å². The highest BCUT2D eigenvalue weighted by molar-refractivity contribution is 7.89. The number of anilines is 2. The number of amides is 2. The Kier molecular flexibility index (Phi) is 10.0. The zero-order valence-electron chi connectivity index (χ0n) is 18.9. The number of nitrogens with two attached hydrogens (primary N) is 2. The average molecular weight is 543 g/mol. The molecule has 2 amide bonds. The number of aliphatic carboxylic acids is 1. The van der Waals surface area contributed by atoms with Gasteiger partial charge < -0.3 is 21.1 Å². The maximum absolute atomic E-state index is 12.3. The fraction of sp³-hybridized carbons (Fsp3) is 0.250. The van der Waals surface area contributed by atoms with Gasteiger partial charge in [0.1, 0.15) is 0 Å². The topological polar surface area (TPSA) is 231 Å². The van der Waals surface area contributed by atoms with Crippen LogP contribution in [-0.2, 0) is 34.4 Å². The lowest BCUT2D eigenvalue weighted by molar-refractivity contribution is -0.138. The Morgan fingerprint density at radius 1 is 0.750 bits per heavy atom. The third kappa shape index (κ3) is 10.1. The highest BCUT2D eigenvalue weighted by Crippen LogP contribution is 2.13. The maximum Gasteiger partial charge on any atom is 0.317 e. The average Bonchev–Trinajstić information content (AvgIpc) is 2.75. The Balaban J connectivity index is 1.81. The van der Waals surface area contributed by atoms with Crippen LogP contribution < -0.4 is 26.2 Å². The number of rotatable bonds is 13. The molecule has 0 bridgehead atoms. The molecule has 2 aromatic carbocycles. The lowest BCUT2D eigenvalue weighted by Crippen LogP contribution is -2.41. The van der Waals surface area contributed by atoms with Crippen LogP contribution in [0.5, 0.6) is 0 Å². The van der Waals surface area contributed by atoms with Crippen LogP contribution in [-0.4, -0.2) is 77.3 Å². The fourth-order valence-electron chi connectivity index (χ4n) is 2.91. The van der Waals surface area contributed by atoms with E-state index in [1.807, 2.05) is 0 Å². The van der Waals surface area contributed by atoms with Gasteiger partial charge in [-0.3, -0.25) is 19.3 Å². The molecule has 8 N–H and O–H groups in total. The summed E-state index contributed by atoms with van der Waals surface area (Å²) in [6.07, 6.45) is 0. The molecular weight excluding hydrogens is 516 g/mol. The van der Waals surface area contributed by atoms with Crippen molar-refractivity contribution in [3.05, 3.63) is 48.5 Å². The number of hydrogen-bond acceptors (Lipinski definition) is 9. The highest BCUT2D eigenvalue weighted by Gasteiger charge is 2.15. The van der Waals surface area contributed by atoms with Crippen LogP contribution in [0.2, 0.25) is 0 Å². The second-order valence-electron chi connectivity index (χ2n) is 7.52. The Morgan fingerprint density at radius 3 is 1.61 bits per heavy atom. The van der Waals surface area contributed by atoms with Crippen molar-refractivity contribution in [3.63, 3.8) is 0 Å². The molecule has 0 aliphatic heterocycles. The van der Waals surface area contributed by atoms with Crippen LogP contribution in [0.1, 0.15) is 0 Å². The zero-order chi connectivity index (χ0) is 26.9. The minimum Gasteiger partial charge on any atom is -0.480 e. The van der Waals surface area contributed by atoms with Gasteiger partial charge in [0.2, 0.25) is 31.9 Å². The van der Waals surface area contributed by atoms with Crippen LogP contribution >= 0.6 is 0 Å². The van der Waals surface area contributed by atoms with E-state index in [0.717, 1.165) is 0 Å². The molecule has 14 nitrogen and oxygen atoms in total. The van der Waals surface area contributed by atoms with Crippen LogP contribution in [0.4, 0.5) is 11.4 Å². The largest absolute Gasteiger partial charge is 0.480 e. The number of benzene rings is 2. The Morgan fingerprint density at radius 2 is 1.19 bits per heavy atom. The number of nitrogens with zero attached hydrogens (tertiary/aromatic N) is 1. The minimum atomic E-state index is -3.87. The molecule has 0 saturated heterocycles. The second kappa shape index (κ2) is 12.5. The first-order valence-electron chi connectivity index (χ1n) is 10.2. The minimum absolute atomic E-state index is 0.0956. The first-order chi connectivity index (χ1) is 16.7. The quantitative estimate of drug-likeness (QED) is 0.161. The number of carboxylic acid groups (broad SMARTS) is 1. The number of sulfonamides is 2.